The van der Waals surface area contributed by atoms with Gasteiger partial charge in [-0.1, -0.05) is 38.1 Å². The highest BCUT2D eigenvalue weighted by atomic mass is 32.1. The van der Waals surface area contributed by atoms with Crippen LogP contribution in [0.25, 0.3) is 10.9 Å². The Morgan fingerprint density at radius 2 is 1.93 bits per heavy atom. The number of hydrogen-bond acceptors (Lipinski definition) is 3. The average Bonchev–Trinajstić information content (AvgIpc) is 3.36. The van der Waals surface area contributed by atoms with Crippen LogP contribution < -0.4 is 5.32 Å². The van der Waals surface area contributed by atoms with Crippen LogP contribution in [-0.2, 0) is 11.2 Å². The Kier molecular flexibility index (Phi) is 5.72. The molecular formula is C23H27N3O2S. The van der Waals surface area contributed by atoms with Crippen LogP contribution in [0.1, 0.15) is 35.5 Å². The summed E-state index contributed by atoms with van der Waals surface area (Å²) in [5.74, 6) is 0.781. The zero-order chi connectivity index (χ0) is 20.4. The summed E-state index contributed by atoms with van der Waals surface area (Å²) in [6, 6.07) is 11.1. The Morgan fingerprint density at radius 3 is 2.66 bits per heavy atom. The zero-order valence-corrected chi connectivity index (χ0v) is 17.7. The summed E-state index contributed by atoms with van der Waals surface area (Å²) >= 11 is 1.39. The molecule has 1 aliphatic rings. The third-order valence-corrected chi connectivity index (χ3v) is 6.50. The lowest BCUT2D eigenvalue weighted by Gasteiger charge is -2.37. The van der Waals surface area contributed by atoms with E-state index in [1.807, 2.05) is 40.7 Å². The molecule has 29 heavy (non-hydrogen) atoms. The van der Waals surface area contributed by atoms with Gasteiger partial charge in [-0.2, -0.15) is 0 Å². The van der Waals surface area contributed by atoms with Gasteiger partial charge < -0.3 is 15.2 Å². The molecule has 3 heterocycles. The van der Waals surface area contributed by atoms with Crippen molar-refractivity contribution in [2.75, 3.05) is 13.1 Å². The van der Waals surface area contributed by atoms with Crippen molar-refractivity contribution in [2.45, 2.75) is 32.7 Å². The van der Waals surface area contributed by atoms with E-state index in [-0.39, 0.29) is 11.8 Å². The summed E-state index contributed by atoms with van der Waals surface area (Å²) in [5.41, 5.74) is 2.09. The molecule has 0 radical (unpaired) electrons. The molecular weight excluding hydrogens is 382 g/mol. The number of nitrogens with one attached hydrogen (secondary N) is 2. The standard InChI is InChI=1S/C23H27N3O2S/c1-15-10-16(2)14-26(13-15)23(28)20(25-22(27)21-8-5-9-29-21)11-17-12-24-19-7-4-3-6-18(17)19/h3-9,12,15-16,20,24H,10-11,13-14H2,1-2H3,(H,25,27)/t15?,16?,20-/m0/s1. The molecule has 0 saturated carbocycles. The molecule has 6 heteroatoms. The van der Waals surface area contributed by atoms with E-state index in [4.69, 9.17) is 0 Å². The Balaban J connectivity index is 1.59. The number of para-hydroxylation sites is 1. The zero-order valence-electron chi connectivity index (χ0n) is 16.9. The normalized spacial score (nSPS) is 20.6. The number of rotatable bonds is 5. The van der Waals surface area contributed by atoms with Gasteiger partial charge in [-0.3, -0.25) is 9.59 Å². The molecule has 0 aliphatic carbocycles. The van der Waals surface area contributed by atoms with Gasteiger partial charge >= 0.3 is 0 Å². The lowest BCUT2D eigenvalue weighted by molar-refractivity contribution is -0.135. The Morgan fingerprint density at radius 1 is 1.17 bits per heavy atom. The smallest absolute Gasteiger partial charge is 0.262 e. The first-order chi connectivity index (χ1) is 14.0. The number of aromatic amines is 1. The molecule has 3 atom stereocenters. The second kappa shape index (κ2) is 8.41. The predicted octanol–water partition coefficient (Wildman–Crippen LogP) is 4.08. The highest BCUT2D eigenvalue weighted by Crippen LogP contribution is 2.24. The minimum absolute atomic E-state index is 0.0126. The third-order valence-electron chi connectivity index (χ3n) is 5.63. The summed E-state index contributed by atoms with van der Waals surface area (Å²) in [6.45, 7) is 5.88. The van der Waals surface area contributed by atoms with E-state index in [0.29, 0.717) is 23.1 Å². The molecule has 2 unspecified atom stereocenters. The molecule has 152 valence electrons. The summed E-state index contributed by atoms with van der Waals surface area (Å²) in [5, 5.41) is 5.98. The van der Waals surface area contributed by atoms with E-state index in [1.54, 1.807) is 6.07 Å². The average molecular weight is 410 g/mol. The monoisotopic (exact) mass is 409 g/mol. The largest absolute Gasteiger partial charge is 0.361 e. The van der Waals surface area contributed by atoms with Gasteiger partial charge in [-0.25, -0.2) is 0 Å². The molecule has 1 saturated heterocycles. The van der Waals surface area contributed by atoms with Crippen LogP contribution in [0.5, 0.6) is 0 Å². The molecule has 3 aromatic rings. The van der Waals surface area contributed by atoms with Gasteiger partial charge in [0.05, 0.1) is 4.88 Å². The van der Waals surface area contributed by atoms with Crippen LogP contribution in [0.3, 0.4) is 0 Å². The Hall–Kier alpha value is -2.60. The molecule has 1 aromatic carbocycles. The summed E-state index contributed by atoms with van der Waals surface area (Å²) in [7, 11) is 0. The molecule has 1 aliphatic heterocycles. The van der Waals surface area contributed by atoms with Gasteiger partial charge in [-0.15, -0.1) is 11.3 Å². The third kappa shape index (κ3) is 4.37. The van der Waals surface area contributed by atoms with E-state index in [2.05, 4.69) is 30.2 Å². The molecule has 2 aromatic heterocycles. The first-order valence-electron chi connectivity index (χ1n) is 10.2. The lowest BCUT2D eigenvalue weighted by atomic mass is 9.91. The van der Waals surface area contributed by atoms with Crippen LogP contribution in [0.2, 0.25) is 0 Å². The number of H-pyrrole nitrogens is 1. The minimum Gasteiger partial charge on any atom is -0.361 e. The van der Waals surface area contributed by atoms with Crippen LogP contribution in [0.15, 0.2) is 48.0 Å². The highest BCUT2D eigenvalue weighted by molar-refractivity contribution is 7.12. The Bertz CT molecular complexity index is 985. The predicted molar refractivity (Wildman–Crippen MR) is 117 cm³/mol. The summed E-state index contributed by atoms with van der Waals surface area (Å²) in [6.07, 6.45) is 3.56. The van der Waals surface area contributed by atoms with E-state index in [9.17, 15) is 9.59 Å². The molecule has 0 spiro atoms. The number of piperidine rings is 1. The van der Waals surface area contributed by atoms with Crippen molar-refractivity contribution in [3.8, 4) is 0 Å². The van der Waals surface area contributed by atoms with Crippen LogP contribution in [0, 0.1) is 11.8 Å². The highest BCUT2D eigenvalue weighted by Gasteiger charge is 2.32. The van der Waals surface area contributed by atoms with Gasteiger partial charge in [0, 0.05) is 36.6 Å². The van der Waals surface area contributed by atoms with Crippen molar-refractivity contribution >= 4 is 34.1 Å². The number of nitrogens with zero attached hydrogens (tertiary/aromatic N) is 1. The second-order valence-corrected chi connectivity index (χ2v) is 9.20. The summed E-state index contributed by atoms with van der Waals surface area (Å²) in [4.78, 5) is 32.0. The van der Waals surface area contributed by atoms with Crippen molar-refractivity contribution in [3.63, 3.8) is 0 Å². The van der Waals surface area contributed by atoms with Crippen LogP contribution >= 0.6 is 11.3 Å². The van der Waals surface area contributed by atoms with Gasteiger partial charge in [-0.05, 0) is 41.3 Å². The molecule has 1 fully saturated rings. The van der Waals surface area contributed by atoms with Gasteiger partial charge in [0.1, 0.15) is 6.04 Å². The first-order valence-corrected chi connectivity index (χ1v) is 11.1. The number of carbonyl (C=O) groups is 2. The quantitative estimate of drug-likeness (QED) is 0.667. The topological polar surface area (TPSA) is 65.2 Å². The summed E-state index contributed by atoms with van der Waals surface area (Å²) < 4.78 is 0. The van der Waals surface area contributed by atoms with Crippen molar-refractivity contribution in [3.05, 3.63) is 58.4 Å². The van der Waals surface area contributed by atoms with Crippen molar-refractivity contribution in [1.29, 1.82) is 0 Å². The fraction of sp³-hybridized carbons (Fsp3) is 0.391. The van der Waals surface area contributed by atoms with Crippen molar-refractivity contribution in [2.24, 2.45) is 11.8 Å². The lowest BCUT2D eigenvalue weighted by Crippen LogP contribution is -2.53. The SMILES string of the molecule is CC1CC(C)CN(C(=O)[C@H](Cc2c[nH]c3ccccc23)NC(=O)c2cccs2)C1. The number of fused-ring (bicyclic) bond motifs is 1. The molecule has 2 amide bonds. The number of benzene rings is 1. The van der Waals surface area contributed by atoms with Gasteiger partial charge in [0.2, 0.25) is 5.91 Å². The molecule has 5 nitrogen and oxygen atoms in total. The van der Waals surface area contributed by atoms with E-state index < -0.39 is 6.04 Å². The maximum Gasteiger partial charge on any atom is 0.262 e. The fourth-order valence-electron chi connectivity index (χ4n) is 4.42. The molecule has 2 N–H and O–H groups in total. The number of likely N-dealkylation sites (tertiary alicyclic amines) is 1. The second-order valence-electron chi connectivity index (χ2n) is 8.26. The molecule has 4 rings (SSSR count). The van der Waals surface area contributed by atoms with E-state index in [0.717, 1.165) is 36.0 Å². The minimum atomic E-state index is -0.582. The number of thiophene rings is 1. The van der Waals surface area contributed by atoms with E-state index in [1.165, 1.54) is 11.3 Å². The number of amides is 2. The first kappa shape index (κ1) is 19.7. The van der Waals surface area contributed by atoms with Gasteiger partial charge in [0.25, 0.3) is 5.91 Å². The van der Waals surface area contributed by atoms with Crippen LogP contribution in [-0.4, -0.2) is 40.8 Å². The number of hydrogen-bond donors (Lipinski definition) is 2. The van der Waals surface area contributed by atoms with Crippen LogP contribution in [0.4, 0.5) is 0 Å². The van der Waals surface area contributed by atoms with Crippen molar-refractivity contribution in [1.82, 2.24) is 15.2 Å². The maximum absolute atomic E-state index is 13.5. The number of aromatic nitrogens is 1. The molecule has 0 bridgehead atoms. The van der Waals surface area contributed by atoms with E-state index >= 15 is 0 Å². The Labute approximate surface area is 175 Å². The number of carbonyl (C=O) groups excluding carboxylic acids is 2. The van der Waals surface area contributed by atoms with Gasteiger partial charge in [0.15, 0.2) is 0 Å². The fourth-order valence-corrected chi connectivity index (χ4v) is 5.05. The van der Waals surface area contributed by atoms with Crippen molar-refractivity contribution < 1.29 is 9.59 Å². The maximum atomic E-state index is 13.5.